The molecule has 1 aliphatic rings. The lowest BCUT2D eigenvalue weighted by Gasteiger charge is -2.22. The van der Waals surface area contributed by atoms with Crippen LogP contribution in [0.2, 0.25) is 0 Å². The highest BCUT2D eigenvalue weighted by atomic mass is 16.5. The maximum atomic E-state index is 12.2. The fraction of sp³-hybridized carbons (Fsp3) is 0.429. The number of hydrogen-bond acceptors (Lipinski definition) is 4. The fourth-order valence-electron chi connectivity index (χ4n) is 2.31. The molecule has 1 heterocycles. The Balaban J connectivity index is 2.12. The summed E-state index contributed by atoms with van der Waals surface area (Å²) in [6, 6.07) is 5.33. The molecule has 0 radical (unpaired) electrons. The number of aliphatic hydroxyl groups is 1. The van der Waals surface area contributed by atoms with E-state index in [2.05, 4.69) is 5.32 Å². The van der Waals surface area contributed by atoms with Crippen molar-refractivity contribution in [2.45, 2.75) is 25.5 Å². The number of aliphatic carboxylic acids is 1. The Bertz CT molecular complexity index is 534. The number of nitrogens with one attached hydrogen (secondary N) is 1. The van der Waals surface area contributed by atoms with Gasteiger partial charge in [0.25, 0.3) is 0 Å². The molecule has 1 fully saturated rings. The van der Waals surface area contributed by atoms with Crippen LogP contribution in [-0.2, 0) is 4.79 Å². The first-order valence-corrected chi connectivity index (χ1v) is 6.73. The summed E-state index contributed by atoms with van der Waals surface area (Å²) in [5.41, 5.74) is 0.467. The van der Waals surface area contributed by atoms with Gasteiger partial charge < -0.3 is 25.2 Å². The maximum Gasteiger partial charge on any atom is 0.326 e. The highest BCUT2D eigenvalue weighted by molar-refractivity contribution is 5.94. The summed E-state index contributed by atoms with van der Waals surface area (Å²) in [5.74, 6) is -0.611. The van der Waals surface area contributed by atoms with Crippen molar-refractivity contribution in [3.8, 4) is 5.75 Å². The smallest absolute Gasteiger partial charge is 0.326 e. The molecule has 0 bridgehead atoms. The minimum atomic E-state index is -1.13. The number of carboxylic acids is 1. The molecular weight excluding hydrogens is 276 g/mol. The second-order valence-electron chi connectivity index (χ2n) is 4.76. The van der Waals surface area contributed by atoms with E-state index in [1.807, 2.05) is 6.92 Å². The minimum Gasteiger partial charge on any atom is -0.492 e. The number of hydrogen-bond donors (Lipinski definition) is 3. The average Bonchev–Trinajstić information content (AvgIpc) is 2.84. The summed E-state index contributed by atoms with van der Waals surface area (Å²) in [7, 11) is 0. The number of aliphatic hydroxyl groups excluding tert-OH is 1. The fourth-order valence-corrected chi connectivity index (χ4v) is 2.31. The van der Waals surface area contributed by atoms with E-state index in [1.54, 1.807) is 24.3 Å². The number of para-hydroxylation sites is 2. The number of urea groups is 1. The Kier molecular flexibility index (Phi) is 4.64. The van der Waals surface area contributed by atoms with Crippen LogP contribution in [0, 0.1) is 0 Å². The normalized spacial score (nSPS) is 21.1. The van der Waals surface area contributed by atoms with Crippen molar-refractivity contribution in [2.24, 2.45) is 0 Å². The van der Waals surface area contributed by atoms with Gasteiger partial charge in [-0.3, -0.25) is 0 Å². The Morgan fingerprint density at radius 3 is 2.81 bits per heavy atom. The van der Waals surface area contributed by atoms with Gasteiger partial charge in [-0.25, -0.2) is 9.59 Å². The lowest BCUT2D eigenvalue weighted by atomic mass is 10.2. The zero-order chi connectivity index (χ0) is 15.4. The van der Waals surface area contributed by atoms with Crippen molar-refractivity contribution >= 4 is 17.7 Å². The monoisotopic (exact) mass is 294 g/mol. The molecule has 2 amide bonds. The molecule has 1 aromatic carbocycles. The first kappa shape index (κ1) is 15.1. The lowest BCUT2D eigenvalue weighted by Crippen LogP contribution is -2.43. The van der Waals surface area contributed by atoms with E-state index in [-0.39, 0.29) is 13.0 Å². The Hall–Kier alpha value is -2.28. The van der Waals surface area contributed by atoms with Crippen molar-refractivity contribution in [2.75, 3.05) is 18.5 Å². The molecule has 0 spiro atoms. The molecule has 1 aromatic rings. The Morgan fingerprint density at radius 2 is 2.14 bits per heavy atom. The van der Waals surface area contributed by atoms with Gasteiger partial charge in [0.2, 0.25) is 0 Å². The van der Waals surface area contributed by atoms with E-state index in [4.69, 9.17) is 9.84 Å². The van der Waals surface area contributed by atoms with Crippen LogP contribution >= 0.6 is 0 Å². The zero-order valence-electron chi connectivity index (χ0n) is 11.7. The largest absolute Gasteiger partial charge is 0.492 e. The van der Waals surface area contributed by atoms with Crippen molar-refractivity contribution < 1.29 is 24.5 Å². The molecule has 2 rings (SSSR count). The molecule has 2 unspecified atom stereocenters. The second-order valence-corrected chi connectivity index (χ2v) is 4.76. The van der Waals surface area contributed by atoms with Crippen LogP contribution in [0.25, 0.3) is 0 Å². The molecule has 0 saturated carbocycles. The summed E-state index contributed by atoms with van der Waals surface area (Å²) in [5, 5.41) is 21.3. The third-order valence-corrected chi connectivity index (χ3v) is 3.25. The van der Waals surface area contributed by atoms with Crippen LogP contribution < -0.4 is 10.1 Å². The van der Waals surface area contributed by atoms with E-state index in [0.29, 0.717) is 18.0 Å². The number of β-amino-alcohol motifs (C(OH)–C–C–N with tert-alkyl or cyclic N) is 1. The molecule has 3 N–H and O–H groups in total. The number of anilines is 1. The SMILES string of the molecule is CCOc1ccccc1NC(=O)N1CC(O)CC1C(=O)O. The average molecular weight is 294 g/mol. The predicted octanol–water partition coefficient (Wildman–Crippen LogP) is 1.14. The number of nitrogens with zero attached hydrogens (tertiary/aromatic N) is 1. The van der Waals surface area contributed by atoms with Crippen molar-refractivity contribution in [1.82, 2.24) is 4.90 Å². The summed E-state index contributed by atoms with van der Waals surface area (Å²) in [6.45, 7) is 2.28. The highest BCUT2D eigenvalue weighted by Crippen LogP contribution is 2.25. The number of rotatable bonds is 4. The molecular formula is C14H18N2O5. The van der Waals surface area contributed by atoms with Crippen LogP contribution in [-0.4, -0.2) is 52.4 Å². The first-order valence-electron chi connectivity index (χ1n) is 6.73. The van der Waals surface area contributed by atoms with Gasteiger partial charge in [0.15, 0.2) is 0 Å². The van der Waals surface area contributed by atoms with Crippen molar-refractivity contribution in [3.63, 3.8) is 0 Å². The number of amides is 2. The van der Waals surface area contributed by atoms with Crippen LogP contribution in [0.3, 0.4) is 0 Å². The molecule has 1 aliphatic heterocycles. The quantitative estimate of drug-likeness (QED) is 0.773. The van der Waals surface area contributed by atoms with Crippen molar-refractivity contribution in [3.05, 3.63) is 24.3 Å². The van der Waals surface area contributed by atoms with Gasteiger partial charge in [0, 0.05) is 13.0 Å². The standard InChI is InChI=1S/C14H18N2O5/c1-2-21-12-6-4-3-5-10(12)15-14(20)16-8-9(17)7-11(16)13(18)19/h3-6,9,11,17H,2,7-8H2,1H3,(H,15,20)(H,18,19). The van der Waals surface area contributed by atoms with Crippen LogP contribution in [0.1, 0.15) is 13.3 Å². The molecule has 0 aliphatic carbocycles. The van der Waals surface area contributed by atoms with Gasteiger partial charge in [-0.15, -0.1) is 0 Å². The third-order valence-electron chi connectivity index (χ3n) is 3.25. The number of carboxylic acid groups (broad SMARTS) is 1. The molecule has 21 heavy (non-hydrogen) atoms. The minimum absolute atomic E-state index is 0.000395. The van der Waals surface area contributed by atoms with Crippen LogP contribution in [0.4, 0.5) is 10.5 Å². The number of benzene rings is 1. The zero-order valence-corrected chi connectivity index (χ0v) is 11.7. The van der Waals surface area contributed by atoms with Gasteiger partial charge in [0.1, 0.15) is 11.8 Å². The lowest BCUT2D eigenvalue weighted by molar-refractivity contribution is -0.141. The maximum absolute atomic E-state index is 12.2. The van der Waals surface area contributed by atoms with Crippen LogP contribution in [0.15, 0.2) is 24.3 Å². The first-order chi connectivity index (χ1) is 10.0. The highest BCUT2D eigenvalue weighted by Gasteiger charge is 2.39. The van der Waals surface area contributed by atoms with E-state index in [0.717, 1.165) is 4.90 Å². The number of carbonyl (C=O) groups excluding carboxylic acids is 1. The molecule has 7 nitrogen and oxygen atoms in total. The van der Waals surface area contributed by atoms with Crippen LogP contribution in [0.5, 0.6) is 5.75 Å². The Labute approximate surface area is 122 Å². The topological polar surface area (TPSA) is 99.1 Å². The number of likely N-dealkylation sites (tertiary alicyclic amines) is 1. The van der Waals surface area contributed by atoms with Gasteiger partial charge >= 0.3 is 12.0 Å². The third kappa shape index (κ3) is 3.43. The van der Waals surface area contributed by atoms with E-state index >= 15 is 0 Å². The van der Waals surface area contributed by atoms with Gasteiger partial charge in [-0.1, -0.05) is 12.1 Å². The summed E-state index contributed by atoms with van der Waals surface area (Å²) in [4.78, 5) is 24.5. The summed E-state index contributed by atoms with van der Waals surface area (Å²) < 4.78 is 5.40. The summed E-state index contributed by atoms with van der Waals surface area (Å²) in [6.07, 6.45) is -0.783. The van der Waals surface area contributed by atoms with E-state index in [1.165, 1.54) is 0 Å². The number of carbonyl (C=O) groups is 2. The van der Waals surface area contributed by atoms with Gasteiger partial charge in [-0.2, -0.15) is 0 Å². The molecule has 1 saturated heterocycles. The number of ether oxygens (including phenoxy) is 1. The van der Waals surface area contributed by atoms with Crippen molar-refractivity contribution in [1.29, 1.82) is 0 Å². The van der Waals surface area contributed by atoms with Gasteiger partial charge in [0.05, 0.1) is 18.4 Å². The Morgan fingerprint density at radius 1 is 1.43 bits per heavy atom. The van der Waals surface area contributed by atoms with E-state index < -0.39 is 24.1 Å². The molecule has 114 valence electrons. The van der Waals surface area contributed by atoms with Gasteiger partial charge in [-0.05, 0) is 19.1 Å². The predicted molar refractivity (Wildman–Crippen MR) is 75.4 cm³/mol. The molecule has 7 heteroatoms. The molecule has 2 atom stereocenters. The molecule has 0 aromatic heterocycles. The summed E-state index contributed by atoms with van der Waals surface area (Å²) >= 11 is 0. The van der Waals surface area contributed by atoms with E-state index in [9.17, 15) is 14.7 Å². The second kappa shape index (κ2) is 6.45.